The van der Waals surface area contributed by atoms with Crippen LogP contribution in [0.2, 0.25) is 0 Å². The van der Waals surface area contributed by atoms with Gasteiger partial charge in [-0.15, -0.1) is 0 Å². The van der Waals surface area contributed by atoms with Gasteiger partial charge in [-0.05, 0) is 111 Å². The third kappa shape index (κ3) is 8.23. The second-order valence-electron chi connectivity index (χ2n) is 17.1. The fourth-order valence-corrected chi connectivity index (χ4v) is 9.55. The molecule has 0 radical (unpaired) electrons. The Morgan fingerprint density at radius 3 is 2.47 bits per heavy atom. The Hall–Kier alpha value is -5.18. The van der Waals surface area contributed by atoms with Gasteiger partial charge >= 0.3 is 0 Å². The van der Waals surface area contributed by atoms with Crippen molar-refractivity contribution in [2.45, 2.75) is 94.2 Å². The van der Waals surface area contributed by atoms with Crippen LogP contribution < -0.4 is 29.7 Å². The summed E-state index contributed by atoms with van der Waals surface area (Å²) in [6, 6.07) is 12.3. The molecule has 0 bridgehead atoms. The fraction of sp³-hybridized carbons (Fsp3) is 0.512. The van der Waals surface area contributed by atoms with Crippen molar-refractivity contribution in [2.24, 2.45) is 17.8 Å². The van der Waals surface area contributed by atoms with Gasteiger partial charge in [0.2, 0.25) is 27.7 Å². The number of nitrogens with zero attached hydrogens (tertiary/aromatic N) is 3. The minimum Gasteiger partial charge on any atom is -0.497 e. The summed E-state index contributed by atoms with van der Waals surface area (Å²) in [5, 5.41) is 7.49. The molecule has 2 saturated carbocycles. The Morgan fingerprint density at radius 2 is 1.78 bits per heavy atom. The highest BCUT2D eigenvalue weighted by atomic mass is 32.2. The van der Waals surface area contributed by atoms with Crippen LogP contribution in [-0.2, 0) is 24.4 Å². The van der Waals surface area contributed by atoms with Crippen LogP contribution in [0.25, 0.3) is 10.8 Å². The van der Waals surface area contributed by atoms with Gasteiger partial charge in [0.1, 0.15) is 29.5 Å². The van der Waals surface area contributed by atoms with Crippen molar-refractivity contribution >= 4 is 50.1 Å². The quantitative estimate of drug-likeness (QED) is 0.264. The van der Waals surface area contributed by atoms with Crippen molar-refractivity contribution in [1.29, 1.82) is 0 Å². The molecule has 3 N–H and O–H groups in total. The van der Waals surface area contributed by atoms with Crippen LogP contribution in [-0.4, -0.2) is 98.2 Å². The van der Waals surface area contributed by atoms with Crippen LogP contribution in [0.3, 0.4) is 0 Å². The number of nitrogens with one attached hydrogen (secondary N) is 3. The molecule has 0 spiro atoms. The SMILES string of the molecule is COc1ccc2c(O[C@@H]3C[C@H]4C(=O)N[C@]5(C(=O)NS(=O)(=O)C6(C)CC6)C[C@H]5/C=C\CC[C@@H](C)C[C@@H](C)[C@H](NC(=O)c5ccc(N(C)C)cc5)C(=O)N4C3)nccc2c1. The van der Waals surface area contributed by atoms with E-state index < -0.39 is 68.0 Å². The highest BCUT2D eigenvalue weighted by molar-refractivity contribution is 7.91. The van der Waals surface area contributed by atoms with E-state index >= 15 is 0 Å². The van der Waals surface area contributed by atoms with Gasteiger partial charge in [-0.2, -0.15) is 0 Å². The van der Waals surface area contributed by atoms with Gasteiger partial charge in [0.05, 0.1) is 18.4 Å². The summed E-state index contributed by atoms with van der Waals surface area (Å²) in [4.78, 5) is 65.3. The van der Waals surface area contributed by atoms with E-state index in [0.29, 0.717) is 48.3 Å². The van der Waals surface area contributed by atoms with Crippen LogP contribution in [0.5, 0.6) is 11.6 Å². The third-order valence-corrected chi connectivity index (χ3v) is 14.6. The zero-order valence-corrected chi connectivity index (χ0v) is 34.8. The van der Waals surface area contributed by atoms with E-state index in [0.717, 1.165) is 17.5 Å². The Labute approximate surface area is 340 Å². The molecule has 2 aliphatic carbocycles. The average Bonchev–Trinajstić information content (AvgIpc) is 4.08. The topological polar surface area (TPSA) is 176 Å². The lowest BCUT2D eigenvalue weighted by molar-refractivity contribution is -0.142. The van der Waals surface area contributed by atoms with Gasteiger partial charge in [-0.1, -0.05) is 26.0 Å². The number of amides is 4. The smallest absolute Gasteiger partial charge is 0.259 e. The molecule has 310 valence electrons. The number of sulfonamides is 1. The van der Waals surface area contributed by atoms with Gasteiger partial charge in [-0.25, -0.2) is 13.4 Å². The van der Waals surface area contributed by atoms with E-state index in [2.05, 4.69) is 27.3 Å². The fourth-order valence-electron chi connectivity index (χ4n) is 8.24. The summed E-state index contributed by atoms with van der Waals surface area (Å²) in [6.07, 6.45) is 7.98. The predicted octanol–water partition coefficient (Wildman–Crippen LogP) is 4.34. The number of hydrogen-bond acceptors (Lipinski definition) is 10. The number of ether oxygens (including phenoxy) is 2. The first kappa shape index (κ1) is 41.0. The van der Waals surface area contributed by atoms with Crippen LogP contribution >= 0.6 is 0 Å². The van der Waals surface area contributed by atoms with E-state index in [1.807, 2.05) is 68.4 Å². The maximum atomic E-state index is 15.0. The van der Waals surface area contributed by atoms with E-state index in [4.69, 9.17) is 9.47 Å². The molecule has 2 aromatic carbocycles. The maximum absolute atomic E-state index is 15.0. The molecule has 3 fully saturated rings. The van der Waals surface area contributed by atoms with Crippen LogP contribution in [0, 0.1) is 17.8 Å². The van der Waals surface area contributed by atoms with Gasteiger partial charge < -0.3 is 29.9 Å². The number of carbonyl (C=O) groups excluding carboxylic acids is 4. The molecular weight excluding hydrogens is 761 g/mol. The molecule has 58 heavy (non-hydrogen) atoms. The predicted molar refractivity (Wildman–Crippen MR) is 220 cm³/mol. The molecular formula is C43H54N6O8S. The van der Waals surface area contributed by atoms with E-state index in [1.165, 1.54) is 4.90 Å². The zero-order chi connectivity index (χ0) is 41.6. The van der Waals surface area contributed by atoms with Crippen LogP contribution in [0.4, 0.5) is 5.69 Å². The molecule has 1 aromatic heterocycles. The number of aromatic nitrogens is 1. The monoisotopic (exact) mass is 814 g/mol. The number of fused-ring (bicyclic) bond motifs is 3. The number of rotatable bonds is 9. The number of hydrogen-bond donors (Lipinski definition) is 3. The summed E-state index contributed by atoms with van der Waals surface area (Å²) < 4.78 is 39.6. The summed E-state index contributed by atoms with van der Waals surface area (Å²) >= 11 is 0. The number of anilines is 1. The van der Waals surface area contributed by atoms with Crippen molar-refractivity contribution in [2.75, 3.05) is 32.6 Å². The number of methoxy groups -OCH3 is 1. The van der Waals surface area contributed by atoms with Crippen molar-refractivity contribution in [3.63, 3.8) is 0 Å². The lowest BCUT2D eigenvalue weighted by Crippen LogP contribution is -2.59. The van der Waals surface area contributed by atoms with Crippen molar-refractivity contribution < 1.29 is 37.1 Å². The first-order chi connectivity index (χ1) is 27.5. The van der Waals surface area contributed by atoms with Crippen LogP contribution in [0.15, 0.2) is 66.9 Å². The number of carbonyl (C=O) groups is 4. The highest BCUT2D eigenvalue weighted by Gasteiger charge is 2.63. The second-order valence-corrected chi connectivity index (χ2v) is 19.3. The Balaban J connectivity index is 1.23. The van der Waals surface area contributed by atoms with Crippen LogP contribution in [0.1, 0.15) is 76.1 Å². The minimum atomic E-state index is -4.00. The van der Waals surface area contributed by atoms with Gasteiger partial charge in [-0.3, -0.25) is 23.9 Å². The molecule has 3 heterocycles. The number of allylic oxidation sites excluding steroid dienone is 1. The highest BCUT2D eigenvalue weighted by Crippen LogP contribution is 2.47. The van der Waals surface area contributed by atoms with E-state index in [-0.39, 0.29) is 31.2 Å². The van der Waals surface area contributed by atoms with E-state index in [9.17, 15) is 27.6 Å². The molecule has 4 aliphatic rings. The summed E-state index contributed by atoms with van der Waals surface area (Å²) in [6.45, 7) is 5.63. The molecule has 1 saturated heterocycles. The normalized spacial score (nSPS) is 28.8. The third-order valence-electron chi connectivity index (χ3n) is 12.4. The first-order valence-electron chi connectivity index (χ1n) is 20.1. The van der Waals surface area contributed by atoms with Gasteiger partial charge in [0, 0.05) is 49.3 Å². The van der Waals surface area contributed by atoms with Crippen molar-refractivity contribution in [3.8, 4) is 11.6 Å². The van der Waals surface area contributed by atoms with Crippen molar-refractivity contribution in [1.82, 2.24) is 25.2 Å². The molecule has 14 nitrogen and oxygen atoms in total. The largest absolute Gasteiger partial charge is 0.497 e. The van der Waals surface area contributed by atoms with Crippen molar-refractivity contribution in [3.05, 3.63) is 72.4 Å². The lowest BCUT2D eigenvalue weighted by Gasteiger charge is -2.33. The standard InChI is InChI=1S/C43H54N6O8S/c1-26-9-7-8-10-30-24-43(30,41(53)47-58(54,55)42(3)18-19-42)46-38(51)35-23-33(57-39-34-16-15-32(56-6)22-29(34)17-20-44-39)25-49(35)40(52)36(27(2)21-26)45-37(50)28-11-13-31(14-12-28)48(4)5/h8,10-17,20,22,26-27,30,33,35-36H,7,9,18-19,21,23-25H2,1-6H3,(H,45,50)(H,46,51)(H,47,53)/b10-8-/t26-,27-,30-,33-,35+,36+,43-/m1/s1. The summed E-state index contributed by atoms with van der Waals surface area (Å²) in [5.41, 5.74) is -0.224. The lowest BCUT2D eigenvalue weighted by atomic mass is 9.87. The van der Waals surface area contributed by atoms with Gasteiger partial charge in [0.15, 0.2) is 0 Å². The summed E-state index contributed by atoms with van der Waals surface area (Å²) in [5.74, 6) is -1.91. The average molecular weight is 815 g/mol. The molecule has 3 aromatic rings. The first-order valence-corrected chi connectivity index (χ1v) is 21.6. The molecule has 2 aliphatic heterocycles. The molecule has 15 heteroatoms. The Morgan fingerprint density at radius 1 is 1.03 bits per heavy atom. The van der Waals surface area contributed by atoms with Gasteiger partial charge in [0.25, 0.3) is 11.8 Å². The Bertz CT molecular complexity index is 2220. The molecule has 0 unspecified atom stereocenters. The summed E-state index contributed by atoms with van der Waals surface area (Å²) in [7, 11) is 1.40. The molecule has 7 rings (SSSR count). The zero-order valence-electron chi connectivity index (χ0n) is 34.0. The Kier molecular flexibility index (Phi) is 11.2. The maximum Gasteiger partial charge on any atom is 0.259 e. The minimum absolute atomic E-state index is 0.00736. The molecule has 7 atom stereocenters. The number of pyridine rings is 1. The van der Waals surface area contributed by atoms with E-state index in [1.54, 1.807) is 38.4 Å². The second kappa shape index (κ2) is 15.9. The number of benzene rings is 2. The molecule has 4 amide bonds.